The molecule has 0 unspecified atom stereocenters. The third kappa shape index (κ3) is 3.77. The summed E-state index contributed by atoms with van der Waals surface area (Å²) < 4.78 is 13.0. The number of rotatable bonds is 4. The third-order valence-corrected chi connectivity index (χ3v) is 2.47. The van der Waals surface area contributed by atoms with E-state index in [0.29, 0.717) is 18.7 Å². The first-order valence-electron chi connectivity index (χ1n) is 5.33. The van der Waals surface area contributed by atoms with Crippen LogP contribution in [0.3, 0.4) is 0 Å². The molecule has 0 aliphatic rings. The van der Waals surface area contributed by atoms with Gasteiger partial charge in [-0.15, -0.1) is 0 Å². The molecule has 88 valence electrons. The second-order valence-corrected chi connectivity index (χ2v) is 4.48. The number of anilines is 1. The molecule has 0 saturated carbocycles. The Labute approximate surface area is 100 Å². The van der Waals surface area contributed by atoms with Gasteiger partial charge in [0.05, 0.1) is 17.0 Å². The molecule has 17 heavy (non-hydrogen) atoms. The Bertz CT molecular complexity index is 480. The van der Waals surface area contributed by atoms with E-state index in [1.807, 2.05) is 13.8 Å². The van der Waals surface area contributed by atoms with Crippen molar-refractivity contribution in [1.29, 1.82) is 10.5 Å². The van der Waals surface area contributed by atoms with Gasteiger partial charge in [0, 0.05) is 12.2 Å². The van der Waals surface area contributed by atoms with E-state index in [2.05, 4.69) is 11.4 Å². The molecule has 0 heterocycles. The van der Waals surface area contributed by atoms with Crippen molar-refractivity contribution in [2.24, 2.45) is 5.41 Å². The van der Waals surface area contributed by atoms with Crippen LogP contribution in [0.15, 0.2) is 18.2 Å². The van der Waals surface area contributed by atoms with Crippen LogP contribution in [0.1, 0.15) is 25.8 Å². The molecule has 0 bridgehead atoms. The Hall–Kier alpha value is -2.07. The standard InChI is InChI=1S/C13H14FN3/c1-13(2,9-16)5-6-17-11-3-4-12(14)10(7-11)8-15/h3-4,7,17H,5-6H2,1-2H3. The molecule has 0 aromatic heterocycles. The maximum atomic E-state index is 13.0. The van der Waals surface area contributed by atoms with E-state index in [1.165, 1.54) is 12.1 Å². The van der Waals surface area contributed by atoms with Crippen molar-refractivity contribution in [3.63, 3.8) is 0 Å². The zero-order valence-electron chi connectivity index (χ0n) is 9.92. The Morgan fingerprint density at radius 2 is 2.06 bits per heavy atom. The minimum atomic E-state index is -0.518. The summed E-state index contributed by atoms with van der Waals surface area (Å²) in [5, 5.41) is 20.6. The third-order valence-electron chi connectivity index (χ3n) is 2.47. The molecule has 3 nitrogen and oxygen atoms in total. The van der Waals surface area contributed by atoms with Gasteiger partial charge in [-0.1, -0.05) is 0 Å². The van der Waals surface area contributed by atoms with Crippen LogP contribution in [0.25, 0.3) is 0 Å². The molecule has 1 N–H and O–H groups in total. The Morgan fingerprint density at radius 3 is 2.65 bits per heavy atom. The summed E-state index contributed by atoms with van der Waals surface area (Å²) in [4.78, 5) is 0. The van der Waals surface area contributed by atoms with Gasteiger partial charge in [0.2, 0.25) is 0 Å². The monoisotopic (exact) mass is 231 g/mol. The van der Waals surface area contributed by atoms with Crippen molar-refractivity contribution in [2.75, 3.05) is 11.9 Å². The van der Waals surface area contributed by atoms with Crippen LogP contribution in [-0.4, -0.2) is 6.54 Å². The quantitative estimate of drug-likeness (QED) is 0.866. The number of hydrogen-bond acceptors (Lipinski definition) is 3. The van der Waals surface area contributed by atoms with E-state index >= 15 is 0 Å². The van der Waals surface area contributed by atoms with Gasteiger partial charge < -0.3 is 5.32 Å². The number of benzene rings is 1. The zero-order valence-corrected chi connectivity index (χ0v) is 9.92. The lowest BCUT2D eigenvalue weighted by Gasteiger charge is -2.15. The molecular weight excluding hydrogens is 217 g/mol. The smallest absolute Gasteiger partial charge is 0.141 e. The van der Waals surface area contributed by atoms with Crippen molar-refractivity contribution >= 4 is 5.69 Å². The van der Waals surface area contributed by atoms with E-state index in [9.17, 15) is 4.39 Å². The molecule has 0 atom stereocenters. The first-order valence-corrected chi connectivity index (χ1v) is 5.33. The fraction of sp³-hybridized carbons (Fsp3) is 0.385. The SMILES string of the molecule is CC(C)(C#N)CCNc1ccc(F)c(C#N)c1. The highest BCUT2D eigenvalue weighted by Crippen LogP contribution is 2.19. The van der Waals surface area contributed by atoms with Gasteiger partial charge >= 0.3 is 0 Å². The summed E-state index contributed by atoms with van der Waals surface area (Å²) in [6.07, 6.45) is 0.683. The maximum absolute atomic E-state index is 13.0. The van der Waals surface area contributed by atoms with Gasteiger partial charge in [0.1, 0.15) is 11.9 Å². The number of halogens is 1. The van der Waals surface area contributed by atoms with Gasteiger partial charge in [0.15, 0.2) is 0 Å². The fourth-order valence-corrected chi connectivity index (χ4v) is 1.30. The van der Waals surface area contributed by atoms with Crippen LogP contribution in [-0.2, 0) is 0 Å². The van der Waals surface area contributed by atoms with Gasteiger partial charge in [-0.05, 0) is 38.5 Å². The molecule has 1 aromatic carbocycles. The van der Waals surface area contributed by atoms with E-state index in [-0.39, 0.29) is 11.0 Å². The second-order valence-electron chi connectivity index (χ2n) is 4.48. The van der Waals surface area contributed by atoms with Crippen LogP contribution >= 0.6 is 0 Å². The average Bonchev–Trinajstić information content (AvgIpc) is 2.31. The van der Waals surface area contributed by atoms with E-state index in [0.717, 1.165) is 0 Å². The van der Waals surface area contributed by atoms with Gasteiger partial charge in [0.25, 0.3) is 0 Å². The lowest BCUT2D eigenvalue weighted by Crippen LogP contribution is -2.14. The topological polar surface area (TPSA) is 59.6 Å². The zero-order chi connectivity index (χ0) is 12.9. The summed E-state index contributed by atoms with van der Waals surface area (Å²) in [6, 6.07) is 8.30. The van der Waals surface area contributed by atoms with Crippen molar-refractivity contribution in [2.45, 2.75) is 20.3 Å². The Kier molecular flexibility index (Phi) is 4.06. The van der Waals surface area contributed by atoms with E-state index in [4.69, 9.17) is 10.5 Å². The molecule has 0 fully saturated rings. The molecule has 0 saturated heterocycles. The number of nitriles is 2. The summed E-state index contributed by atoms with van der Waals surface area (Å²) >= 11 is 0. The second kappa shape index (κ2) is 5.32. The largest absolute Gasteiger partial charge is 0.385 e. The van der Waals surface area contributed by atoms with Crippen LogP contribution in [0, 0.1) is 33.9 Å². The lowest BCUT2D eigenvalue weighted by molar-refractivity contribution is 0.466. The summed E-state index contributed by atoms with van der Waals surface area (Å²) in [5.74, 6) is -0.518. The molecule has 0 radical (unpaired) electrons. The Morgan fingerprint density at radius 1 is 1.35 bits per heavy atom. The van der Waals surface area contributed by atoms with Crippen molar-refractivity contribution in [1.82, 2.24) is 0 Å². The number of nitrogens with one attached hydrogen (secondary N) is 1. The van der Waals surface area contributed by atoms with Crippen molar-refractivity contribution < 1.29 is 4.39 Å². The molecule has 4 heteroatoms. The molecule has 1 rings (SSSR count). The highest BCUT2D eigenvalue weighted by atomic mass is 19.1. The van der Waals surface area contributed by atoms with Crippen LogP contribution in [0.4, 0.5) is 10.1 Å². The van der Waals surface area contributed by atoms with Gasteiger partial charge in [-0.25, -0.2) is 4.39 Å². The average molecular weight is 231 g/mol. The minimum absolute atomic E-state index is 0.0227. The van der Waals surface area contributed by atoms with Crippen LogP contribution < -0.4 is 5.32 Å². The van der Waals surface area contributed by atoms with Gasteiger partial charge in [-0.3, -0.25) is 0 Å². The normalized spacial score (nSPS) is 10.4. The highest BCUT2D eigenvalue weighted by Gasteiger charge is 2.15. The first-order chi connectivity index (χ1) is 7.98. The van der Waals surface area contributed by atoms with Gasteiger partial charge in [-0.2, -0.15) is 10.5 Å². The molecule has 1 aromatic rings. The van der Waals surface area contributed by atoms with Crippen LogP contribution in [0.5, 0.6) is 0 Å². The predicted octanol–water partition coefficient (Wildman–Crippen LogP) is 3.05. The fourth-order valence-electron chi connectivity index (χ4n) is 1.30. The molecule has 0 aliphatic carbocycles. The van der Waals surface area contributed by atoms with Crippen molar-refractivity contribution in [3.8, 4) is 12.1 Å². The maximum Gasteiger partial charge on any atom is 0.141 e. The molecule has 0 aliphatic heterocycles. The summed E-state index contributed by atoms with van der Waals surface area (Å²) in [7, 11) is 0. The predicted molar refractivity (Wildman–Crippen MR) is 63.6 cm³/mol. The van der Waals surface area contributed by atoms with E-state index < -0.39 is 5.82 Å². The number of hydrogen-bond donors (Lipinski definition) is 1. The minimum Gasteiger partial charge on any atom is -0.385 e. The van der Waals surface area contributed by atoms with Crippen molar-refractivity contribution in [3.05, 3.63) is 29.6 Å². The summed E-state index contributed by atoms with van der Waals surface area (Å²) in [6.45, 7) is 4.33. The Balaban J connectivity index is 2.60. The van der Waals surface area contributed by atoms with E-state index in [1.54, 1.807) is 12.1 Å². The molecular formula is C13H14FN3. The molecule has 0 amide bonds. The lowest BCUT2D eigenvalue weighted by atomic mass is 9.91. The molecule has 0 spiro atoms. The highest BCUT2D eigenvalue weighted by molar-refractivity contribution is 5.49. The van der Waals surface area contributed by atoms with Crippen LogP contribution in [0.2, 0.25) is 0 Å². The summed E-state index contributed by atoms with van der Waals surface area (Å²) in [5.41, 5.74) is 0.330. The first kappa shape index (κ1) is 13.0. The number of nitrogens with zero attached hydrogens (tertiary/aromatic N) is 2.